The van der Waals surface area contributed by atoms with Crippen molar-refractivity contribution in [3.63, 3.8) is 0 Å². The summed E-state index contributed by atoms with van der Waals surface area (Å²) in [5.41, 5.74) is 0.823. The number of anilines is 1. The molecule has 2 aliphatic rings. The number of nitrogens with zero attached hydrogens (tertiary/aromatic N) is 1. The van der Waals surface area contributed by atoms with Gasteiger partial charge in [0, 0.05) is 9.49 Å². The van der Waals surface area contributed by atoms with Crippen molar-refractivity contribution < 1.29 is 18.8 Å². The van der Waals surface area contributed by atoms with Gasteiger partial charge in [-0.05, 0) is 65.1 Å². The van der Waals surface area contributed by atoms with E-state index in [2.05, 4.69) is 10.6 Å². The maximum absolute atomic E-state index is 14.5. The van der Waals surface area contributed by atoms with Gasteiger partial charge in [-0.1, -0.05) is 56.5 Å². The van der Waals surface area contributed by atoms with Crippen LogP contribution in [0, 0.1) is 15.3 Å². The smallest absolute Gasteiger partial charge is 0.325 e. The van der Waals surface area contributed by atoms with E-state index in [-0.39, 0.29) is 17.5 Å². The molecule has 2 aromatic rings. The van der Waals surface area contributed by atoms with E-state index in [1.54, 1.807) is 13.0 Å². The van der Waals surface area contributed by atoms with Crippen molar-refractivity contribution in [2.75, 3.05) is 5.32 Å². The normalized spacial score (nSPS) is 20.9. The van der Waals surface area contributed by atoms with Gasteiger partial charge in [-0.15, -0.1) is 0 Å². The van der Waals surface area contributed by atoms with E-state index in [0.29, 0.717) is 3.57 Å². The molecule has 1 aliphatic carbocycles. The maximum Gasteiger partial charge on any atom is 0.325 e. The van der Waals surface area contributed by atoms with Crippen molar-refractivity contribution in [2.45, 2.75) is 57.0 Å². The molecule has 33 heavy (non-hydrogen) atoms. The van der Waals surface area contributed by atoms with Crippen molar-refractivity contribution in [2.24, 2.45) is 5.92 Å². The molecule has 8 heteroatoms. The lowest BCUT2D eigenvalue weighted by atomic mass is 9.83. The predicted octanol–water partition coefficient (Wildman–Crippen LogP) is 5.04. The molecule has 0 spiro atoms. The summed E-state index contributed by atoms with van der Waals surface area (Å²) in [6.45, 7) is 1.80. The molecule has 1 heterocycles. The largest absolute Gasteiger partial charge is 0.325 e. The van der Waals surface area contributed by atoms with E-state index < -0.39 is 35.8 Å². The number of hydrogen-bond donors (Lipinski definition) is 2. The molecule has 1 saturated carbocycles. The average molecular weight is 563 g/mol. The Morgan fingerprint density at radius 3 is 2.48 bits per heavy atom. The van der Waals surface area contributed by atoms with Gasteiger partial charge >= 0.3 is 6.03 Å². The number of nitrogens with one attached hydrogen (secondary N) is 2. The summed E-state index contributed by atoms with van der Waals surface area (Å²) in [7, 11) is 0. The molecule has 174 valence electrons. The monoisotopic (exact) mass is 563 g/mol. The minimum absolute atomic E-state index is 0.0153. The second kappa shape index (κ2) is 10.2. The Balaban J connectivity index is 1.65. The van der Waals surface area contributed by atoms with Gasteiger partial charge in [-0.25, -0.2) is 14.1 Å². The lowest BCUT2D eigenvalue weighted by Gasteiger charge is -2.31. The van der Waals surface area contributed by atoms with E-state index in [9.17, 15) is 18.8 Å². The quantitative estimate of drug-likeness (QED) is 0.382. The third-order valence-electron chi connectivity index (χ3n) is 6.66. The minimum Gasteiger partial charge on any atom is -0.325 e. The van der Waals surface area contributed by atoms with Crippen LogP contribution in [0.5, 0.6) is 0 Å². The number of imide groups is 1. The number of hydrogen-bond acceptors (Lipinski definition) is 3. The lowest BCUT2D eigenvalue weighted by molar-refractivity contribution is -0.135. The van der Waals surface area contributed by atoms with Crippen LogP contribution in [0.25, 0.3) is 0 Å². The van der Waals surface area contributed by atoms with E-state index in [0.717, 1.165) is 42.6 Å². The van der Waals surface area contributed by atoms with Crippen LogP contribution in [0.3, 0.4) is 0 Å². The lowest BCUT2D eigenvalue weighted by Crippen LogP contribution is -2.51. The van der Waals surface area contributed by atoms with Crippen LogP contribution >= 0.6 is 22.6 Å². The second-order valence-corrected chi connectivity index (χ2v) is 10.0. The Morgan fingerprint density at radius 1 is 1.12 bits per heavy atom. The van der Waals surface area contributed by atoms with E-state index in [4.69, 9.17) is 0 Å². The van der Waals surface area contributed by atoms with Crippen molar-refractivity contribution in [1.29, 1.82) is 0 Å². The number of halogens is 2. The fourth-order valence-electron chi connectivity index (χ4n) is 4.87. The first-order chi connectivity index (χ1) is 15.9. The van der Waals surface area contributed by atoms with E-state index >= 15 is 0 Å². The van der Waals surface area contributed by atoms with Gasteiger partial charge in [0.05, 0.1) is 5.69 Å². The molecule has 4 rings (SSSR count). The fourth-order valence-corrected chi connectivity index (χ4v) is 5.32. The van der Waals surface area contributed by atoms with Crippen molar-refractivity contribution in [1.82, 2.24) is 10.2 Å². The SMILES string of the molecule is CC(c1ccccc1)C(C(=O)Nc1ccc(I)cc1F)N1C(=O)N[C@H](C2CCCCC2)C1=O. The molecular weight excluding hydrogens is 536 g/mol. The molecule has 3 atom stereocenters. The van der Waals surface area contributed by atoms with Crippen molar-refractivity contribution in [3.8, 4) is 0 Å². The molecule has 2 unspecified atom stereocenters. The van der Waals surface area contributed by atoms with Gasteiger partial charge < -0.3 is 10.6 Å². The van der Waals surface area contributed by atoms with Crippen LogP contribution in [0.15, 0.2) is 48.5 Å². The average Bonchev–Trinajstić information content (AvgIpc) is 3.11. The predicted molar refractivity (Wildman–Crippen MR) is 132 cm³/mol. The number of amides is 4. The van der Waals surface area contributed by atoms with Crippen LogP contribution in [0.2, 0.25) is 0 Å². The second-order valence-electron chi connectivity index (χ2n) is 8.79. The molecule has 0 bridgehead atoms. The summed E-state index contributed by atoms with van der Waals surface area (Å²) in [6, 6.07) is 11.4. The Morgan fingerprint density at radius 2 is 1.82 bits per heavy atom. The number of carbonyl (C=O) groups excluding carboxylic acids is 3. The molecular formula is C25H27FIN3O3. The standard InChI is InChI=1S/C25H27FIN3O3/c1-15(16-8-4-2-5-9-16)22(23(31)28-20-13-12-18(27)14-19(20)26)30-24(32)21(29-25(30)33)17-10-6-3-7-11-17/h2,4-5,8-9,12-15,17,21-22H,3,6-7,10-11H2,1H3,(H,28,31)(H,29,33)/t15?,21-,22?/m1/s1. The van der Waals surface area contributed by atoms with E-state index in [1.807, 2.05) is 52.9 Å². The summed E-state index contributed by atoms with van der Waals surface area (Å²) in [5.74, 6) is -1.96. The third kappa shape index (κ3) is 5.05. The zero-order valence-corrected chi connectivity index (χ0v) is 20.5. The Hall–Kier alpha value is -2.49. The van der Waals surface area contributed by atoms with Gasteiger partial charge in [-0.2, -0.15) is 0 Å². The number of benzene rings is 2. The van der Waals surface area contributed by atoms with Crippen molar-refractivity contribution >= 4 is 46.1 Å². The van der Waals surface area contributed by atoms with Crippen LogP contribution in [-0.4, -0.2) is 34.8 Å². The van der Waals surface area contributed by atoms with Gasteiger partial charge in [0.15, 0.2) is 0 Å². The highest BCUT2D eigenvalue weighted by Crippen LogP contribution is 2.33. The maximum atomic E-state index is 14.5. The molecule has 6 nitrogen and oxygen atoms in total. The van der Waals surface area contributed by atoms with Crippen LogP contribution < -0.4 is 10.6 Å². The van der Waals surface area contributed by atoms with Crippen LogP contribution in [0.1, 0.15) is 50.5 Å². The van der Waals surface area contributed by atoms with Gasteiger partial charge in [-0.3, -0.25) is 9.59 Å². The third-order valence-corrected chi connectivity index (χ3v) is 7.33. The van der Waals surface area contributed by atoms with Crippen LogP contribution in [-0.2, 0) is 9.59 Å². The summed E-state index contributed by atoms with van der Waals surface area (Å²) >= 11 is 1.99. The molecule has 2 aromatic carbocycles. The topological polar surface area (TPSA) is 78.5 Å². The van der Waals surface area contributed by atoms with Crippen molar-refractivity contribution in [3.05, 3.63) is 63.5 Å². The Bertz CT molecular complexity index is 1040. The summed E-state index contributed by atoms with van der Waals surface area (Å²) in [5, 5.41) is 5.44. The van der Waals surface area contributed by atoms with Crippen LogP contribution in [0.4, 0.5) is 14.9 Å². The highest BCUT2D eigenvalue weighted by atomic mass is 127. The first-order valence-corrected chi connectivity index (χ1v) is 12.4. The zero-order valence-electron chi connectivity index (χ0n) is 18.4. The van der Waals surface area contributed by atoms with Gasteiger partial charge in [0.2, 0.25) is 5.91 Å². The Labute approximate surface area is 206 Å². The highest BCUT2D eigenvalue weighted by molar-refractivity contribution is 14.1. The molecule has 1 saturated heterocycles. The Kier molecular flexibility index (Phi) is 7.31. The fraction of sp³-hybridized carbons (Fsp3) is 0.400. The first kappa shape index (κ1) is 23.7. The first-order valence-electron chi connectivity index (χ1n) is 11.3. The summed E-state index contributed by atoms with van der Waals surface area (Å²) < 4.78 is 15.2. The highest BCUT2D eigenvalue weighted by Gasteiger charge is 2.49. The number of carbonyl (C=O) groups is 3. The summed E-state index contributed by atoms with van der Waals surface area (Å²) in [4.78, 5) is 41.0. The number of rotatable bonds is 6. The van der Waals surface area contributed by atoms with Gasteiger partial charge in [0.25, 0.3) is 5.91 Å². The van der Waals surface area contributed by atoms with Gasteiger partial charge in [0.1, 0.15) is 17.9 Å². The zero-order chi connectivity index (χ0) is 23.5. The molecule has 0 aromatic heterocycles. The molecule has 2 fully saturated rings. The minimum atomic E-state index is -1.12. The number of urea groups is 1. The molecule has 4 amide bonds. The molecule has 0 radical (unpaired) electrons. The molecule has 1 aliphatic heterocycles. The van der Waals surface area contributed by atoms with E-state index in [1.165, 1.54) is 12.1 Å². The molecule has 2 N–H and O–H groups in total. The summed E-state index contributed by atoms with van der Waals surface area (Å²) in [6.07, 6.45) is 4.95.